The number of carbonyl (C=O) groups is 4. The summed E-state index contributed by atoms with van der Waals surface area (Å²) in [5.41, 5.74) is 0. The van der Waals surface area contributed by atoms with E-state index in [4.69, 9.17) is 37.0 Å². The number of carbonyl (C=O) groups excluding carboxylic acids is 4. The van der Waals surface area contributed by atoms with E-state index < -0.39 is 97.5 Å². The fourth-order valence-electron chi connectivity index (χ4n) is 11.1. The second-order valence-electron chi connectivity index (χ2n) is 26.7. The maximum absolute atomic E-state index is 13.1. The van der Waals surface area contributed by atoms with Gasteiger partial charge in [0.15, 0.2) is 12.2 Å². The molecule has 0 fully saturated rings. The van der Waals surface area contributed by atoms with Crippen LogP contribution in [0, 0.1) is 0 Å². The smallest absolute Gasteiger partial charge is 0.462 e. The number of allylic oxidation sites excluding steroid dienone is 6. The minimum atomic E-state index is -4.96. The summed E-state index contributed by atoms with van der Waals surface area (Å²) in [4.78, 5) is 72.8. The molecule has 19 heteroatoms. The van der Waals surface area contributed by atoms with Crippen molar-refractivity contribution in [2.24, 2.45) is 0 Å². The molecule has 0 saturated carbocycles. The van der Waals surface area contributed by atoms with Crippen LogP contribution in [0.3, 0.4) is 0 Å². The summed E-state index contributed by atoms with van der Waals surface area (Å²) in [6.45, 7) is 4.90. The van der Waals surface area contributed by atoms with Crippen LogP contribution in [0.4, 0.5) is 0 Å². The molecule has 0 bridgehead atoms. The van der Waals surface area contributed by atoms with Gasteiger partial charge in [0.1, 0.15) is 19.3 Å². The monoisotopic (exact) mass is 1400 g/mol. The van der Waals surface area contributed by atoms with Crippen molar-refractivity contribution < 1.29 is 80.2 Å². The van der Waals surface area contributed by atoms with Crippen molar-refractivity contribution in [2.45, 2.75) is 393 Å². The van der Waals surface area contributed by atoms with Crippen molar-refractivity contribution in [1.29, 1.82) is 0 Å². The number of unbranched alkanes of at least 4 members (excludes halogenated alkanes) is 43. The first-order chi connectivity index (χ1) is 46.7. The zero-order chi connectivity index (χ0) is 70.4. The second-order valence-corrected chi connectivity index (χ2v) is 29.6. The van der Waals surface area contributed by atoms with Gasteiger partial charge < -0.3 is 33.8 Å². The molecule has 0 spiro atoms. The third-order valence-corrected chi connectivity index (χ3v) is 19.0. The molecule has 564 valence electrons. The van der Waals surface area contributed by atoms with Gasteiger partial charge in [-0.1, -0.05) is 302 Å². The highest BCUT2D eigenvalue weighted by Crippen LogP contribution is 2.45. The van der Waals surface area contributed by atoms with Gasteiger partial charge in [-0.25, -0.2) is 9.13 Å². The first-order valence-corrected chi connectivity index (χ1v) is 42.2. The minimum absolute atomic E-state index is 0.100. The van der Waals surface area contributed by atoms with Crippen molar-refractivity contribution in [3.8, 4) is 0 Å². The van der Waals surface area contributed by atoms with Gasteiger partial charge in [0.25, 0.3) is 0 Å². The van der Waals surface area contributed by atoms with Gasteiger partial charge in [0.05, 0.1) is 26.4 Å². The highest BCUT2D eigenvalue weighted by molar-refractivity contribution is 7.47. The Morgan fingerprint density at radius 2 is 0.510 bits per heavy atom. The third-order valence-electron chi connectivity index (χ3n) is 17.1. The molecule has 5 atom stereocenters. The predicted octanol–water partition coefficient (Wildman–Crippen LogP) is 22.3. The van der Waals surface area contributed by atoms with E-state index in [2.05, 4.69) is 64.2 Å². The summed E-state index contributed by atoms with van der Waals surface area (Å²) in [6.07, 6.45) is 65.5. The fourth-order valence-corrected chi connectivity index (χ4v) is 12.7. The molecule has 0 heterocycles. The quantitative estimate of drug-likeness (QED) is 0.0169. The van der Waals surface area contributed by atoms with Crippen LogP contribution >= 0.6 is 15.6 Å². The zero-order valence-electron chi connectivity index (χ0n) is 61.6. The summed E-state index contributed by atoms with van der Waals surface area (Å²) in [5, 5.41) is 10.6. The Kier molecular flexibility index (Phi) is 68.7. The maximum Gasteiger partial charge on any atom is 0.472 e. The largest absolute Gasteiger partial charge is 0.472 e. The van der Waals surface area contributed by atoms with Crippen molar-refractivity contribution in [3.63, 3.8) is 0 Å². The fraction of sp³-hybridized carbons (Fsp3) is 0.870. The van der Waals surface area contributed by atoms with Crippen LogP contribution < -0.4 is 0 Å². The number of aliphatic hydroxyl groups is 1. The molecule has 3 N–H and O–H groups in total. The topological polar surface area (TPSA) is 237 Å². The van der Waals surface area contributed by atoms with E-state index in [-0.39, 0.29) is 25.7 Å². The lowest BCUT2D eigenvalue weighted by atomic mass is 10.0. The lowest BCUT2D eigenvalue weighted by Gasteiger charge is -2.21. The normalized spacial score (nSPS) is 14.1. The Morgan fingerprint density at radius 1 is 0.292 bits per heavy atom. The predicted molar refractivity (Wildman–Crippen MR) is 391 cm³/mol. The Balaban J connectivity index is 5.30. The average molecular weight is 1400 g/mol. The van der Waals surface area contributed by atoms with Gasteiger partial charge >= 0.3 is 39.5 Å². The summed E-state index contributed by atoms with van der Waals surface area (Å²) in [5.74, 6) is -2.15. The summed E-state index contributed by atoms with van der Waals surface area (Å²) in [7, 11) is -9.93. The van der Waals surface area contributed by atoms with E-state index in [1.54, 1.807) is 0 Å². The molecular weight excluding hydrogens is 1260 g/mol. The molecule has 0 aliphatic carbocycles. The van der Waals surface area contributed by atoms with E-state index in [1.165, 1.54) is 161 Å². The molecule has 0 aromatic heterocycles. The summed E-state index contributed by atoms with van der Waals surface area (Å²) in [6, 6.07) is 0. The van der Waals surface area contributed by atoms with Crippen LogP contribution in [0.15, 0.2) is 36.5 Å². The molecule has 0 radical (unpaired) electrons. The number of phosphoric ester groups is 2. The molecule has 0 amide bonds. The van der Waals surface area contributed by atoms with E-state index in [0.29, 0.717) is 25.7 Å². The molecule has 0 aromatic carbocycles. The molecular formula is C77H144O17P2. The van der Waals surface area contributed by atoms with Crippen molar-refractivity contribution in [3.05, 3.63) is 36.5 Å². The number of hydrogen-bond donors (Lipinski definition) is 3. The second kappa shape index (κ2) is 70.7. The van der Waals surface area contributed by atoms with Crippen molar-refractivity contribution >= 4 is 39.5 Å². The Bertz CT molecular complexity index is 1970. The van der Waals surface area contributed by atoms with E-state index in [1.807, 2.05) is 0 Å². The maximum atomic E-state index is 13.1. The number of esters is 4. The SMILES string of the molecule is CCCCC/C=C\C/C=C\CCCCCCCC(=O)OC[C@H](COP(=O)(O)OC[C@H](O)COP(=O)(O)OC[C@@H](COC(=O)CCCCCCC/C=C\CCCCCCCC)OC(=O)CCCCCCCCCCCCCCC)OC(=O)CCCCCCCCCCCCCCC. The Hall–Kier alpha value is -2.72. The van der Waals surface area contributed by atoms with E-state index in [9.17, 15) is 43.2 Å². The zero-order valence-corrected chi connectivity index (χ0v) is 63.4. The molecule has 0 aromatic rings. The molecule has 17 nitrogen and oxygen atoms in total. The van der Waals surface area contributed by atoms with Gasteiger partial charge in [0, 0.05) is 25.7 Å². The Labute approximate surface area is 585 Å². The van der Waals surface area contributed by atoms with Gasteiger partial charge in [-0.2, -0.15) is 0 Å². The van der Waals surface area contributed by atoms with Crippen LogP contribution in [0.1, 0.15) is 374 Å². The van der Waals surface area contributed by atoms with Gasteiger partial charge in [-0.3, -0.25) is 37.3 Å². The van der Waals surface area contributed by atoms with Crippen LogP contribution in [0.25, 0.3) is 0 Å². The molecule has 0 aliphatic heterocycles. The van der Waals surface area contributed by atoms with Crippen LogP contribution in [-0.2, 0) is 65.4 Å². The highest BCUT2D eigenvalue weighted by atomic mass is 31.2. The molecule has 96 heavy (non-hydrogen) atoms. The van der Waals surface area contributed by atoms with Crippen molar-refractivity contribution in [1.82, 2.24) is 0 Å². The standard InChI is InChI=1S/C77H144O17P2/c1-5-9-13-17-21-25-29-33-35-39-41-45-49-53-57-61-74(79)87-67-72(93-76(81)63-59-55-51-47-43-37-31-27-23-19-15-11-7-3)69-91-95(83,84)89-65-71(78)66-90-96(85,86)92-70-73(94-77(82)64-60-56-52-48-44-38-32-28-24-20-16-12-8-4)68-88-75(80)62-58-54-50-46-42-40-36-34-30-26-22-18-14-10-6-2/h21,25,33-36,71-73,78H,5-20,22-24,26-32,37-70H2,1-4H3,(H,83,84)(H,85,86)/b25-21-,35-33-,36-34-/t71-,72+,73+/m0/s1. The molecule has 0 rings (SSSR count). The van der Waals surface area contributed by atoms with Crippen LogP contribution in [-0.4, -0.2) is 96.7 Å². The summed E-state index contributed by atoms with van der Waals surface area (Å²) >= 11 is 0. The number of aliphatic hydroxyl groups excluding tert-OH is 1. The molecule has 0 saturated heterocycles. The minimum Gasteiger partial charge on any atom is -0.462 e. The van der Waals surface area contributed by atoms with E-state index in [0.717, 1.165) is 135 Å². The number of hydrogen-bond acceptors (Lipinski definition) is 15. The summed E-state index contributed by atoms with van der Waals surface area (Å²) < 4.78 is 68.5. The highest BCUT2D eigenvalue weighted by Gasteiger charge is 2.30. The van der Waals surface area contributed by atoms with Crippen LogP contribution in [0.2, 0.25) is 0 Å². The van der Waals surface area contributed by atoms with Gasteiger partial charge in [-0.15, -0.1) is 0 Å². The number of rotatable bonds is 75. The van der Waals surface area contributed by atoms with Gasteiger partial charge in [-0.05, 0) is 83.5 Å². The van der Waals surface area contributed by atoms with Gasteiger partial charge in [0.2, 0.25) is 0 Å². The van der Waals surface area contributed by atoms with Crippen LogP contribution in [0.5, 0.6) is 0 Å². The first-order valence-electron chi connectivity index (χ1n) is 39.2. The Morgan fingerprint density at radius 3 is 0.802 bits per heavy atom. The number of ether oxygens (including phenoxy) is 4. The van der Waals surface area contributed by atoms with E-state index >= 15 is 0 Å². The lowest BCUT2D eigenvalue weighted by Crippen LogP contribution is -2.30. The molecule has 2 unspecified atom stereocenters. The average Bonchev–Trinajstić information content (AvgIpc) is 1.14. The third kappa shape index (κ3) is 69.7. The first kappa shape index (κ1) is 93.3. The van der Waals surface area contributed by atoms with Crippen molar-refractivity contribution in [2.75, 3.05) is 39.6 Å². The lowest BCUT2D eigenvalue weighted by molar-refractivity contribution is -0.161. The molecule has 0 aliphatic rings. The number of phosphoric acid groups is 2.